The Balaban J connectivity index is 1.41. The molecular formula is C21H23ClN6O2. The molecule has 0 aliphatic carbocycles. The third kappa shape index (κ3) is 4.23. The zero-order chi connectivity index (χ0) is 21.1. The van der Waals surface area contributed by atoms with Gasteiger partial charge in [-0.25, -0.2) is 14.8 Å². The van der Waals surface area contributed by atoms with Crippen LogP contribution in [0, 0.1) is 0 Å². The Kier molecular flexibility index (Phi) is 5.85. The number of carbonyl (C=O) groups excluding carboxylic acids is 1. The number of hydrogen-bond acceptors (Lipinski definition) is 5. The summed E-state index contributed by atoms with van der Waals surface area (Å²) in [6.45, 7) is 3.74. The van der Waals surface area contributed by atoms with Crippen LogP contribution < -0.4 is 21.1 Å². The number of aryl methyl sites for hydroxylation is 1. The molecule has 1 fully saturated rings. The third-order valence-corrected chi connectivity index (χ3v) is 5.48. The monoisotopic (exact) mass is 426 g/mol. The van der Waals surface area contributed by atoms with Gasteiger partial charge < -0.3 is 15.5 Å². The molecule has 1 saturated heterocycles. The van der Waals surface area contributed by atoms with Gasteiger partial charge >= 0.3 is 6.03 Å². The number of benzene rings is 1. The summed E-state index contributed by atoms with van der Waals surface area (Å²) in [5.41, 5.74) is 1.86. The topological polar surface area (TPSA) is 92.2 Å². The minimum absolute atomic E-state index is 0.0315. The van der Waals surface area contributed by atoms with E-state index in [1.807, 2.05) is 24.0 Å². The number of anilines is 2. The van der Waals surface area contributed by atoms with Crippen molar-refractivity contribution < 1.29 is 4.79 Å². The summed E-state index contributed by atoms with van der Waals surface area (Å²) in [6, 6.07) is 10.4. The fourth-order valence-corrected chi connectivity index (χ4v) is 3.81. The van der Waals surface area contributed by atoms with Crippen LogP contribution in [0.3, 0.4) is 0 Å². The van der Waals surface area contributed by atoms with Gasteiger partial charge in [-0.1, -0.05) is 11.6 Å². The van der Waals surface area contributed by atoms with E-state index in [9.17, 15) is 9.59 Å². The molecule has 9 heteroatoms. The summed E-state index contributed by atoms with van der Waals surface area (Å²) in [7, 11) is 0. The van der Waals surface area contributed by atoms with E-state index in [-0.39, 0.29) is 17.6 Å². The minimum Gasteiger partial charge on any atom is -0.352 e. The fourth-order valence-electron chi connectivity index (χ4n) is 3.68. The fraction of sp³-hybridized carbons (Fsp3) is 0.333. The second kappa shape index (κ2) is 8.71. The van der Waals surface area contributed by atoms with Crippen molar-refractivity contribution >= 4 is 40.3 Å². The molecule has 0 unspecified atom stereocenters. The Morgan fingerprint density at radius 3 is 2.63 bits per heavy atom. The van der Waals surface area contributed by atoms with Gasteiger partial charge in [0.25, 0.3) is 5.56 Å². The Labute approximate surface area is 178 Å². The van der Waals surface area contributed by atoms with Crippen LogP contribution in [0.1, 0.15) is 19.8 Å². The first-order valence-electron chi connectivity index (χ1n) is 9.98. The summed E-state index contributed by atoms with van der Waals surface area (Å²) in [6.07, 6.45) is 3.13. The Bertz CT molecular complexity index is 1110. The normalized spacial score (nSPS) is 14.7. The number of rotatable bonds is 4. The van der Waals surface area contributed by atoms with E-state index in [2.05, 4.69) is 20.6 Å². The average molecular weight is 427 g/mol. The molecule has 30 heavy (non-hydrogen) atoms. The summed E-state index contributed by atoms with van der Waals surface area (Å²) >= 11 is 5.87. The van der Waals surface area contributed by atoms with Crippen molar-refractivity contribution in [3.63, 3.8) is 0 Å². The van der Waals surface area contributed by atoms with E-state index < -0.39 is 0 Å². The number of amides is 2. The number of hydrogen-bond donors (Lipinski definition) is 2. The van der Waals surface area contributed by atoms with Gasteiger partial charge in [0.15, 0.2) is 11.5 Å². The maximum Gasteiger partial charge on any atom is 0.319 e. The quantitative estimate of drug-likeness (QED) is 0.668. The lowest BCUT2D eigenvalue weighted by atomic mass is 10.1. The van der Waals surface area contributed by atoms with E-state index in [1.165, 1.54) is 0 Å². The second-order valence-electron chi connectivity index (χ2n) is 7.20. The Morgan fingerprint density at radius 1 is 1.20 bits per heavy atom. The summed E-state index contributed by atoms with van der Waals surface area (Å²) in [5, 5.41) is 6.43. The molecule has 2 aromatic heterocycles. The standard InChI is InChI=1S/C21H23ClN6O2/c1-2-28-18-17(4-3-11-23-18)26-19(20(28)29)27-12-9-16(10-13-27)25-21(30)24-15-7-5-14(22)6-8-15/h3-8,11,16H,2,9-10,12-13H2,1H3,(H2,24,25,30). The Hall–Kier alpha value is -3.13. The predicted octanol–water partition coefficient (Wildman–Crippen LogP) is 3.26. The van der Waals surface area contributed by atoms with Crippen molar-refractivity contribution in [3.05, 3.63) is 58.0 Å². The number of piperidine rings is 1. The number of nitrogens with one attached hydrogen (secondary N) is 2. The molecule has 1 aliphatic heterocycles. The lowest BCUT2D eigenvalue weighted by Gasteiger charge is -2.33. The molecule has 0 spiro atoms. The molecule has 1 aromatic carbocycles. The SMILES string of the molecule is CCn1c(=O)c(N2CCC(NC(=O)Nc3ccc(Cl)cc3)CC2)nc2cccnc21. The van der Waals surface area contributed by atoms with Crippen LogP contribution in [0.15, 0.2) is 47.4 Å². The zero-order valence-electron chi connectivity index (χ0n) is 16.6. The molecule has 0 bridgehead atoms. The van der Waals surface area contributed by atoms with Crippen LogP contribution in [0.2, 0.25) is 5.02 Å². The number of carbonyl (C=O) groups is 1. The van der Waals surface area contributed by atoms with Crippen molar-refractivity contribution in [1.29, 1.82) is 0 Å². The van der Waals surface area contributed by atoms with Crippen LogP contribution in [-0.4, -0.2) is 39.7 Å². The molecule has 0 saturated carbocycles. The van der Waals surface area contributed by atoms with Crippen LogP contribution in [-0.2, 0) is 6.54 Å². The van der Waals surface area contributed by atoms with E-state index in [4.69, 9.17) is 11.6 Å². The second-order valence-corrected chi connectivity index (χ2v) is 7.63. The van der Waals surface area contributed by atoms with Gasteiger partial charge in [-0.3, -0.25) is 9.36 Å². The van der Waals surface area contributed by atoms with E-state index in [0.29, 0.717) is 47.3 Å². The van der Waals surface area contributed by atoms with Crippen molar-refractivity contribution in [2.75, 3.05) is 23.3 Å². The van der Waals surface area contributed by atoms with Crippen LogP contribution in [0.25, 0.3) is 11.2 Å². The summed E-state index contributed by atoms with van der Waals surface area (Å²) in [4.78, 5) is 36.1. The predicted molar refractivity (Wildman–Crippen MR) is 118 cm³/mol. The molecule has 2 amide bonds. The van der Waals surface area contributed by atoms with Gasteiger partial charge in [-0.15, -0.1) is 0 Å². The van der Waals surface area contributed by atoms with Gasteiger partial charge in [-0.2, -0.15) is 0 Å². The summed E-state index contributed by atoms with van der Waals surface area (Å²) in [5.74, 6) is 0.446. The maximum atomic E-state index is 12.9. The van der Waals surface area contributed by atoms with Gasteiger partial charge in [0.2, 0.25) is 0 Å². The highest BCUT2D eigenvalue weighted by molar-refractivity contribution is 6.30. The van der Waals surface area contributed by atoms with E-state index >= 15 is 0 Å². The van der Waals surface area contributed by atoms with Crippen molar-refractivity contribution in [2.45, 2.75) is 32.4 Å². The average Bonchev–Trinajstić information content (AvgIpc) is 2.75. The number of pyridine rings is 1. The molecule has 8 nitrogen and oxygen atoms in total. The highest BCUT2D eigenvalue weighted by Gasteiger charge is 2.24. The molecule has 3 heterocycles. The molecule has 2 N–H and O–H groups in total. The maximum absolute atomic E-state index is 12.9. The smallest absolute Gasteiger partial charge is 0.319 e. The van der Waals surface area contributed by atoms with Crippen LogP contribution in [0.4, 0.5) is 16.3 Å². The number of nitrogens with zero attached hydrogens (tertiary/aromatic N) is 4. The van der Waals surface area contributed by atoms with Gasteiger partial charge in [-0.05, 0) is 56.2 Å². The lowest BCUT2D eigenvalue weighted by Crippen LogP contribution is -2.47. The van der Waals surface area contributed by atoms with Gasteiger partial charge in [0.05, 0.1) is 0 Å². The first kappa shape index (κ1) is 20.2. The number of fused-ring (bicyclic) bond motifs is 1. The molecule has 4 rings (SSSR count). The third-order valence-electron chi connectivity index (χ3n) is 5.23. The van der Waals surface area contributed by atoms with Gasteiger partial charge in [0.1, 0.15) is 5.52 Å². The lowest BCUT2D eigenvalue weighted by molar-refractivity contribution is 0.246. The van der Waals surface area contributed by atoms with E-state index in [1.54, 1.807) is 35.0 Å². The van der Waals surface area contributed by atoms with Crippen LogP contribution in [0.5, 0.6) is 0 Å². The molecule has 1 aliphatic rings. The highest BCUT2D eigenvalue weighted by atomic mass is 35.5. The molecular weight excluding hydrogens is 404 g/mol. The number of halogens is 1. The largest absolute Gasteiger partial charge is 0.352 e. The molecule has 0 radical (unpaired) electrons. The summed E-state index contributed by atoms with van der Waals surface area (Å²) < 4.78 is 1.65. The first-order valence-corrected chi connectivity index (χ1v) is 10.4. The zero-order valence-corrected chi connectivity index (χ0v) is 17.4. The first-order chi connectivity index (χ1) is 14.5. The van der Waals surface area contributed by atoms with Crippen molar-refractivity contribution in [3.8, 4) is 0 Å². The van der Waals surface area contributed by atoms with Crippen LogP contribution >= 0.6 is 11.6 Å². The molecule has 156 valence electrons. The minimum atomic E-state index is -0.251. The Morgan fingerprint density at radius 2 is 1.93 bits per heavy atom. The van der Waals surface area contributed by atoms with E-state index in [0.717, 1.165) is 12.8 Å². The molecule has 3 aromatic rings. The number of aromatic nitrogens is 3. The van der Waals surface area contributed by atoms with Crippen molar-refractivity contribution in [1.82, 2.24) is 19.9 Å². The number of urea groups is 1. The van der Waals surface area contributed by atoms with Gasteiger partial charge in [0, 0.05) is 42.6 Å². The van der Waals surface area contributed by atoms with Crippen molar-refractivity contribution in [2.24, 2.45) is 0 Å². The highest BCUT2D eigenvalue weighted by Crippen LogP contribution is 2.18. The molecule has 0 atom stereocenters.